The fourth-order valence-electron chi connectivity index (χ4n) is 4.76. The molecule has 4 aromatic rings. The second-order valence-electron chi connectivity index (χ2n) is 9.36. The molecule has 5 rings (SSSR count). The Morgan fingerprint density at radius 3 is 2.61 bits per heavy atom. The van der Waals surface area contributed by atoms with Crippen LogP contribution in [-0.2, 0) is 13.1 Å². The first-order chi connectivity index (χ1) is 18.4. The first kappa shape index (κ1) is 26.1. The van der Waals surface area contributed by atoms with Gasteiger partial charge in [0.25, 0.3) is 0 Å². The lowest BCUT2D eigenvalue weighted by Crippen LogP contribution is -2.49. The summed E-state index contributed by atoms with van der Waals surface area (Å²) < 4.78 is 36.7. The molecule has 8 nitrogen and oxygen atoms in total. The van der Waals surface area contributed by atoms with E-state index in [9.17, 15) is 4.39 Å². The standard InChI is InChI=1S/C27H28ClF2N7O/c1-16-13-37(11-10-31-16)27-17-12-18(28)23(24-19(29)6-4-7-20(24)38-3)25(30)26(17)34-22(35-27)15-36(2)14-21-32-8-5-9-33-21/h4-9,12,16,31H,10-11,13-15H2,1-3H3/t16-/m1/s1. The average Bonchev–Trinajstić information content (AvgIpc) is 2.90. The molecule has 2 aromatic heterocycles. The fraction of sp³-hybridized carbons (Fsp3) is 0.333. The molecular formula is C27H28ClF2N7O. The second-order valence-corrected chi connectivity index (χ2v) is 9.77. The number of nitrogens with zero attached hydrogens (tertiary/aromatic N) is 6. The molecule has 1 aliphatic rings. The number of benzene rings is 2. The Bertz CT molecular complexity index is 1460. The van der Waals surface area contributed by atoms with Crippen LogP contribution in [0.25, 0.3) is 22.0 Å². The van der Waals surface area contributed by atoms with Gasteiger partial charge in [-0.3, -0.25) is 4.90 Å². The molecule has 0 spiro atoms. The van der Waals surface area contributed by atoms with Gasteiger partial charge in [0.2, 0.25) is 0 Å². The molecule has 1 atom stereocenters. The van der Waals surface area contributed by atoms with Gasteiger partial charge in [0, 0.05) is 49.0 Å². The Hall–Kier alpha value is -3.47. The van der Waals surface area contributed by atoms with Crippen LogP contribution in [0.15, 0.2) is 42.7 Å². The van der Waals surface area contributed by atoms with Gasteiger partial charge in [-0.05, 0) is 38.2 Å². The number of anilines is 1. The second kappa shape index (κ2) is 11.1. The Morgan fingerprint density at radius 1 is 1.11 bits per heavy atom. The van der Waals surface area contributed by atoms with Crippen LogP contribution in [0.3, 0.4) is 0 Å². The van der Waals surface area contributed by atoms with Crippen LogP contribution in [0.4, 0.5) is 14.6 Å². The van der Waals surface area contributed by atoms with Gasteiger partial charge in [0.15, 0.2) is 5.82 Å². The first-order valence-electron chi connectivity index (χ1n) is 12.3. The normalized spacial score (nSPS) is 15.9. The van der Waals surface area contributed by atoms with Gasteiger partial charge >= 0.3 is 0 Å². The van der Waals surface area contributed by atoms with Crippen molar-refractivity contribution in [3.8, 4) is 16.9 Å². The molecule has 11 heteroatoms. The van der Waals surface area contributed by atoms with E-state index < -0.39 is 11.6 Å². The van der Waals surface area contributed by atoms with E-state index in [1.807, 2.05) is 11.9 Å². The van der Waals surface area contributed by atoms with Crippen molar-refractivity contribution >= 4 is 28.3 Å². The van der Waals surface area contributed by atoms with Crippen LogP contribution in [0.5, 0.6) is 5.75 Å². The number of aromatic nitrogens is 4. The predicted octanol–water partition coefficient (Wildman–Crippen LogP) is 4.46. The van der Waals surface area contributed by atoms with Crippen LogP contribution in [-0.4, -0.2) is 64.7 Å². The average molecular weight is 540 g/mol. The fourth-order valence-corrected chi connectivity index (χ4v) is 5.04. The molecule has 3 heterocycles. The number of halogens is 3. The van der Waals surface area contributed by atoms with Gasteiger partial charge in [-0.1, -0.05) is 17.7 Å². The summed E-state index contributed by atoms with van der Waals surface area (Å²) in [5.74, 6) is 0.480. The van der Waals surface area contributed by atoms with Gasteiger partial charge in [0.05, 0.1) is 30.8 Å². The van der Waals surface area contributed by atoms with Crippen molar-refractivity contribution in [1.82, 2.24) is 30.2 Å². The van der Waals surface area contributed by atoms with E-state index in [4.69, 9.17) is 21.3 Å². The maximum atomic E-state index is 16.3. The molecular weight excluding hydrogens is 512 g/mol. The van der Waals surface area contributed by atoms with E-state index in [2.05, 4.69) is 32.1 Å². The Morgan fingerprint density at radius 2 is 1.87 bits per heavy atom. The molecule has 0 bridgehead atoms. The van der Waals surface area contributed by atoms with Gasteiger partial charge in [-0.15, -0.1) is 0 Å². The molecule has 38 heavy (non-hydrogen) atoms. The number of piperazine rings is 1. The lowest BCUT2D eigenvalue weighted by Gasteiger charge is -2.33. The number of nitrogens with one attached hydrogen (secondary N) is 1. The predicted molar refractivity (Wildman–Crippen MR) is 143 cm³/mol. The third-order valence-corrected chi connectivity index (χ3v) is 6.76. The molecule has 1 aliphatic heterocycles. The summed E-state index contributed by atoms with van der Waals surface area (Å²) >= 11 is 6.63. The Kier molecular flexibility index (Phi) is 7.64. The molecule has 2 aromatic carbocycles. The minimum atomic E-state index is -0.724. The van der Waals surface area contributed by atoms with E-state index in [1.165, 1.54) is 19.2 Å². The zero-order valence-corrected chi connectivity index (χ0v) is 22.1. The van der Waals surface area contributed by atoms with Crippen molar-refractivity contribution in [2.24, 2.45) is 0 Å². The highest BCUT2D eigenvalue weighted by molar-refractivity contribution is 6.34. The monoisotopic (exact) mass is 539 g/mol. The zero-order valence-electron chi connectivity index (χ0n) is 21.4. The number of rotatable bonds is 7. The zero-order chi connectivity index (χ0) is 26.8. The summed E-state index contributed by atoms with van der Waals surface area (Å²) in [6.45, 7) is 4.99. The summed E-state index contributed by atoms with van der Waals surface area (Å²) in [4.78, 5) is 22.1. The van der Waals surface area contributed by atoms with Crippen molar-refractivity contribution < 1.29 is 13.5 Å². The van der Waals surface area contributed by atoms with E-state index in [-0.39, 0.29) is 33.5 Å². The summed E-state index contributed by atoms with van der Waals surface area (Å²) in [5, 5.41) is 3.94. The summed E-state index contributed by atoms with van der Waals surface area (Å²) in [6.07, 6.45) is 3.37. The van der Waals surface area contributed by atoms with Gasteiger partial charge in [-0.2, -0.15) is 0 Å². The first-order valence-corrected chi connectivity index (χ1v) is 12.7. The number of ether oxygens (including phenoxy) is 1. The third kappa shape index (κ3) is 5.24. The Balaban J connectivity index is 1.65. The van der Waals surface area contributed by atoms with E-state index in [1.54, 1.807) is 30.6 Å². The van der Waals surface area contributed by atoms with E-state index >= 15 is 4.39 Å². The maximum absolute atomic E-state index is 16.3. The highest BCUT2D eigenvalue weighted by Crippen LogP contribution is 2.42. The van der Waals surface area contributed by atoms with Crippen LogP contribution >= 0.6 is 11.6 Å². The molecule has 0 aliphatic carbocycles. The maximum Gasteiger partial charge on any atom is 0.159 e. The third-order valence-electron chi connectivity index (χ3n) is 6.46. The summed E-state index contributed by atoms with van der Waals surface area (Å²) in [6, 6.07) is 7.91. The number of hydrogen-bond acceptors (Lipinski definition) is 8. The molecule has 0 amide bonds. The van der Waals surface area contributed by atoms with Gasteiger partial charge in [-0.25, -0.2) is 28.7 Å². The van der Waals surface area contributed by atoms with Gasteiger partial charge < -0.3 is 15.0 Å². The van der Waals surface area contributed by atoms with Crippen molar-refractivity contribution in [3.63, 3.8) is 0 Å². The van der Waals surface area contributed by atoms with Crippen molar-refractivity contribution in [2.75, 3.05) is 38.7 Å². The van der Waals surface area contributed by atoms with Crippen LogP contribution in [0.2, 0.25) is 5.02 Å². The lowest BCUT2D eigenvalue weighted by atomic mass is 10.0. The molecule has 0 saturated carbocycles. The topological polar surface area (TPSA) is 79.3 Å². The van der Waals surface area contributed by atoms with Crippen molar-refractivity contribution in [3.05, 3.63) is 71.0 Å². The smallest absolute Gasteiger partial charge is 0.159 e. The molecule has 0 radical (unpaired) electrons. The Labute approximate surface area is 224 Å². The van der Waals surface area contributed by atoms with Crippen LogP contribution < -0.4 is 15.0 Å². The van der Waals surface area contributed by atoms with E-state index in [0.29, 0.717) is 49.0 Å². The van der Waals surface area contributed by atoms with E-state index in [0.717, 1.165) is 6.54 Å². The van der Waals surface area contributed by atoms with Crippen LogP contribution in [0.1, 0.15) is 18.6 Å². The molecule has 0 unspecified atom stereocenters. The highest BCUT2D eigenvalue weighted by atomic mass is 35.5. The SMILES string of the molecule is COc1cccc(F)c1-c1c(Cl)cc2c(N3CCN[C@H](C)C3)nc(CN(C)Cc3ncccn3)nc2c1F. The quantitative estimate of drug-likeness (QED) is 0.369. The number of methoxy groups -OCH3 is 1. The van der Waals surface area contributed by atoms with Crippen molar-refractivity contribution in [1.29, 1.82) is 0 Å². The number of fused-ring (bicyclic) bond motifs is 1. The number of hydrogen-bond donors (Lipinski definition) is 1. The van der Waals surface area contributed by atoms with Gasteiger partial charge in [0.1, 0.15) is 34.6 Å². The molecule has 1 N–H and O–H groups in total. The molecule has 1 fully saturated rings. The summed E-state index contributed by atoms with van der Waals surface area (Å²) in [5.41, 5.74) is -0.0649. The minimum Gasteiger partial charge on any atom is -0.496 e. The highest BCUT2D eigenvalue weighted by Gasteiger charge is 2.27. The largest absolute Gasteiger partial charge is 0.496 e. The van der Waals surface area contributed by atoms with Crippen molar-refractivity contribution in [2.45, 2.75) is 26.1 Å². The lowest BCUT2D eigenvalue weighted by molar-refractivity contribution is 0.302. The molecule has 1 saturated heterocycles. The molecule has 198 valence electrons. The minimum absolute atomic E-state index is 0.0461. The van der Waals surface area contributed by atoms with Crippen LogP contribution in [0, 0.1) is 11.6 Å². The summed E-state index contributed by atoms with van der Waals surface area (Å²) in [7, 11) is 3.30.